The van der Waals surface area contributed by atoms with Crippen LogP contribution in [-0.4, -0.2) is 4.57 Å². The molecule has 0 atom stereocenters. The van der Waals surface area contributed by atoms with Crippen molar-refractivity contribution < 1.29 is 4.42 Å². The van der Waals surface area contributed by atoms with Crippen molar-refractivity contribution >= 4 is 82.2 Å². The number of rotatable bonds is 5. The van der Waals surface area contributed by atoms with Gasteiger partial charge in [-0.05, 0) is 118 Å². The SMILES string of the molecule is CC1(C)c2ccccc2-c2ccc(N(c3ccc(-c4cc5ccccc5s4)cc3)c3ccc(-n4c5ccccc5c5cc6oc7ccccc7c6cc54)cc3)cc21. The molecule has 3 nitrogen and oxygen atoms in total. The van der Waals surface area contributed by atoms with Crippen LogP contribution < -0.4 is 4.90 Å². The molecule has 4 heteroatoms. The summed E-state index contributed by atoms with van der Waals surface area (Å²) in [6.07, 6.45) is 0. The number of anilines is 3. The number of furan rings is 1. The van der Waals surface area contributed by atoms with E-state index in [-0.39, 0.29) is 5.41 Å². The third-order valence-corrected chi connectivity index (χ3v) is 13.4. The fourth-order valence-corrected chi connectivity index (χ4v) is 10.5. The average Bonchev–Trinajstić information content (AvgIpc) is 3.99. The van der Waals surface area contributed by atoms with Crippen molar-refractivity contribution in [3.05, 3.63) is 193 Å². The molecule has 11 aromatic rings. The predicted molar refractivity (Wildman–Crippen MR) is 241 cm³/mol. The minimum Gasteiger partial charge on any atom is -0.456 e. The third-order valence-electron chi connectivity index (χ3n) is 12.2. The standard InChI is InChI=1S/C53H36N2OS/c1-53(2)45-15-7-4-12-39(45)40-28-27-38(30-46(40)53)54(35-21-19-33(20-22-35)52-29-34-11-3-10-18-51(34)57-52)36-23-25-37(26-24-36)55-47-16-8-5-13-41(47)43-32-50-44(31-48(43)55)42-14-6-9-17-49(42)56-50/h3-32H,1-2H3. The van der Waals surface area contributed by atoms with Gasteiger partial charge in [-0.15, -0.1) is 11.3 Å². The molecule has 0 amide bonds. The van der Waals surface area contributed by atoms with Crippen LogP contribution >= 0.6 is 11.3 Å². The maximum Gasteiger partial charge on any atom is 0.136 e. The number of hydrogen-bond acceptors (Lipinski definition) is 3. The molecule has 8 aromatic carbocycles. The molecule has 0 bridgehead atoms. The van der Waals surface area contributed by atoms with Crippen LogP contribution in [0.2, 0.25) is 0 Å². The quantitative estimate of drug-likeness (QED) is 0.175. The number of fused-ring (bicyclic) bond motifs is 10. The summed E-state index contributed by atoms with van der Waals surface area (Å²) in [5.74, 6) is 0. The molecule has 3 heterocycles. The fourth-order valence-electron chi connectivity index (χ4n) is 9.39. The summed E-state index contributed by atoms with van der Waals surface area (Å²) in [6.45, 7) is 4.71. The molecule has 1 aliphatic carbocycles. The van der Waals surface area contributed by atoms with E-state index in [9.17, 15) is 0 Å². The van der Waals surface area contributed by atoms with Gasteiger partial charge in [-0.25, -0.2) is 0 Å². The Morgan fingerprint density at radius 2 is 1.18 bits per heavy atom. The van der Waals surface area contributed by atoms with Gasteiger partial charge < -0.3 is 13.9 Å². The van der Waals surface area contributed by atoms with E-state index in [0.717, 1.165) is 50.2 Å². The molecule has 0 N–H and O–H groups in total. The number of benzene rings is 8. The molecule has 270 valence electrons. The lowest BCUT2D eigenvalue weighted by molar-refractivity contribution is 0.660. The summed E-state index contributed by atoms with van der Waals surface area (Å²) in [5.41, 5.74) is 15.2. The maximum absolute atomic E-state index is 6.34. The van der Waals surface area contributed by atoms with Crippen molar-refractivity contribution in [2.75, 3.05) is 4.90 Å². The summed E-state index contributed by atoms with van der Waals surface area (Å²) in [7, 11) is 0. The minimum atomic E-state index is -0.106. The first-order valence-corrected chi connectivity index (χ1v) is 20.4. The van der Waals surface area contributed by atoms with E-state index < -0.39 is 0 Å². The first-order valence-electron chi connectivity index (χ1n) is 19.6. The lowest BCUT2D eigenvalue weighted by atomic mass is 9.82. The van der Waals surface area contributed by atoms with Crippen molar-refractivity contribution in [3.8, 4) is 27.3 Å². The summed E-state index contributed by atoms with van der Waals surface area (Å²) in [5, 5.41) is 5.95. The van der Waals surface area contributed by atoms with E-state index in [1.807, 2.05) is 17.4 Å². The molecule has 12 rings (SSSR count). The van der Waals surface area contributed by atoms with Crippen molar-refractivity contribution in [1.82, 2.24) is 4.57 Å². The van der Waals surface area contributed by atoms with E-state index >= 15 is 0 Å². The highest BCUT2D eigenvalue weighted by molar-refractivity contribution is 7.22. The molecule has 3 aromatic heterocycles. The monoisotopic (exact) mass is 748 g/mol. The Hall–Kier alpha value is -6.88. The fraction of sp³-hybridized carbons (Fsp3) is 0.0566. The Balaban J connectivity index is 1.01. The van der Waals surface area contributed by atoms with Gasteiger partial charge >= 0.3 is 0 Å². The Bertz CT molecular complexity index is 3350. The molecular weight excluding hydrogens is 713 g/mol. The summed E-state index contributed by atoms with van der Waals surface area (Å²) >= 11 is 1.85. The van der Waals surface area contributed by atoms with Gasteiger partial charge in [0.05, 0.1) is 11.0 Å². The van der Waals surface area contributed by atoms with Gasteiger partial charge in [-0.3, -0.25) is 0 Å². The lowest BCUT2D eigenvalue weighted by Crippen LogP contribution is -2.16. The van der Waals surface area contributed by atoms with E-state index in [1.54, 1.807) is 0 Å². The van der Waals surface area contributed by atoms with Crippen LogP contribution in [0.4, 0.5) is 17.1 Å². The van der Waals surface area contributed by atoms with Crippen molar-refractivity contribution in [3.63, 3.8) is 0 Å². The summed E-state index contributed by atoms with van der Waals surface area (Å²) in [4.78, 5) is 3.69. The van der Waals surface area contributed by atoms with E-state index in [4.69, 9.17) is 4.42 Å². The molecule has 0 saturated heterocycles. The van der Waals surface area contributed by atoms with Crippen LogP contribution in [0.3, 0.4) is 0 Å². The van der Waals surface area contributed by atoms with Crippen LogP contribution in [-0.2, 0) is 5.41 Å². The zero-order chi connectivity index (χ0) is 37.8. The van der Waals surface area contributed by atoms with E-state index in [0.29, 0.717) is 0 Å². The highest BCUT2D eigenvalue weighted by Gasteiger charge is 2.35. The largest absolute Gasteiger partial charge is 0.456 e. The van der Waals surface area contributed by atoms with Gasteiger partial charge in [0.15, 0.2) is 0 Å². The van der Waals surface area contributed by atoms with Gasteiger partial charge in [0.2, 0.25) is 0 Å². The van der Waals surface area contributed by atoms with Crippen LogP contribution in [0.25, 0.3) is 81.1 Å². The summed E-state index contributed by atoms with van der Waals surface area (Å²) in [6, 6.07) is 66.5. The molecular formula is C53H36N2OS. The van der Waals surface area contributed by atoms with Crippen LogP contribution in [0, 0.1) is 0 Å². The van der Waals surface area contributed by atoms with E-state index in [1.165, 1.54) is 59.1 Å². The molecule has 0 spiro atoms. The average molecular weight is 749 g/mol. The molecule has 0 radical (unpaired) electrons. The zero-order valence-electron chi connectivity index (χ0n) is 31.5. The van der Waals surface area contributed by atoms with Gasteiger partial charge in [-0.2, -0.15) is 0 Å². The van der Waals surface area contributed by atoms with Crippen LogP contribution in [0.1, 0.15) is 25.0 Å². The topological polar surface area (TPSA) is 21.3 Å². The number of aromatic nitrogens is 1. The normalized spacial score (nSPS) is 13.2. The lowest BCUT2D eigenvalue weighted by Gasteiger charge is -2.28. The zero-order valence-corrected chi connectivity index (χ0v) is 32.3. The van der Waals surface area contributed by atoms with E-state index in [2.05, 4.69) is 199 Å². The van der Waals surface area contributed by atoms with Crippen LogP contribution in [0.15, 0.2) is 186 Å². The molecule has 0 fully saturated rings. The molecule has 57 heavy (non-hydrogen) atoms. The van der Waals surface area contributed by atoms with Crippen molar-refractivity contribution in [2.45, 2.75) is 19.3 Å². The summed E-state index contributed by atoms with van der Waals surface area (Å²) < 4.78 is 10.1. The number of hydrogen-bond donors (Lipinski definition) is 0. The van der Waals surface area contributed by atoms with Crippen molar-refractivity contribution in [2.24, 2.45) is 0 Å². The number of thiophene rings is 1. The maximum atomic E-state index is 6.34. The Kier molecular flexibility index (Phi) is 6.85. The highest BCUT2D eigenvalue weighted by Crippen LogP contribution is 2.51. The van der Waals surface area contributed by atoms with Gasteiger partial charge in [0, 0.05) is 59.3 Å². The third kappa shape index (κ3) is 4.84. The Morgan fingerprint density at radius 3 is 2.02 bits per heavy atom. The van der Waals surface area contributed by atoms with Gasteiger partial charge in [0.25, 0.3) is 0 Å². The van der Waals surface area contributed by atoms with Gasteiger partial charge in [-0.1, -0.05) is 111 Å². The number of para-hydroxylation sites is 2. The first-order chi connectivity index (χ1) is 28.0. The number of nitrogens with zero attached hydrogens (tertiary/aromatic N) is 2. The second-order valence-corrected chi connectivity index (χ2v) is 16.8. The Labute approximate surface area is 334 Å². The molecule has 0 unspecified atom stereocenters. The van der Waals surface area contributed by atoms with Gasteiger partial charge in [0.1, 0.15) is 11.2 Å². The second kappa shape index (κ2) is 12.1. The molecule has 1 aliphatic rings. The highest BCUT2D eigenvalue weighted by atomic mass is 32.1. The smallest absolute Gasteiger partial charge is 0.136 e. The molecule has 0 aliphatic heterocycles. The second-order valence-electron chi connectivity index (χ2n) is 15.8. The first kappa shape index (κ1) is 32.4. The van der Waals surface area contributed by atoms with Crippen molar-refractivity contribution in [1.29, 1.82) is 0 Å². The predicted octanol–water partition coefficient (Wildman–Crippen LogP) is 15.3. The van der Waals surface area contributed by atoms with Crippen LogP contribution in [0.5, 0.6) is 0 Å². The Morgan fingerprint density at radius 1 is 0.491 bits per heavy atom. The minimum absolute atomic E-state index is 0.106. The molecule has 0 saturated carbocycles.